The van der Waals surface area contributed by atoms with Gasteiger partial charge in [0.25, 0.3) is 5.56 Å². The van der Waals surface area contributed by atoms with Crippen LogP contribution in [0.5, 0.6) is 0 Å². The van der Waals surface area contributed by atoms with Crippen LogP contribution in [0.25, 0.3) is 11.1 Å². The first-order valence-electron chi connectivity index (χ1n) is 9.57. The van der Waals surface area contributed by atoms with Gasteiger partial charge in [-0.1, -0.05) is 24.1 Å². The highest BCUT2D eigenvalue weighted by Gasteiger charge is 2.23. The highest BCUT2D eigenvalue weighted by molar-refractivity contribution is 5.82. The monoisotopic (exact) mass is 375 g/mol. The molecule has 0 amide bonds. The fraction of sp³-hybridized carbons (Fsp3) is 0.409. The maximum absolute atomic E-state index is 12.3. The van der Waals surface area contributed by atoms with Gasteiger partial charge in [0, 0.05) is 18.2 Å². The van der Waals surface area contributed by atoms with Crippen LogP contribution in [-0.2, 0) is 6.54 Å². The number of nitrogen functional groups attached to an aromatic ring is 1. The van der Waals surface area contributed by atoms with Crippen LogP contribution < -0.4 is 11.3 Å². The first kappa shape index (κ1) is 19.7. The SMILES string of the molecule is Cc1cc(CN2CCCCC2C)c(C)c(-c2c(C#N)c(N)[nH]c(=O)c2C#N)c1. The molecule has 28 heavy (non-hydrogen) atoms. The van der Waals surface area contributed by atoms with Crippen LogP contribution in [-0.4, -0.2) is 22.5 Å². The minimum Gasteiger partial charge on any atom is -0.384 e. The highest BCUT2D eigenvalue weighted by Crippen LogP contribution is 2.34. The van der Waals surface area contributed by atoms with Gasteiger partial charge in [0.05, 0.1) is 0 Å². The minimum absolute atomic E-state index is 0.00592. The lowest BCUT2D eigenvalue weighted by Crippen LogP contribution is -2.37. The van der Waals surface area contributed by atoms with Crippen LogP contribution in [0.2, 0.25) is 0 Å². The second kappa shape index (κ2) is 7.88. The Kier molecular flexibility index (Phi) is 5.53. The first-order valence-corrected chi connectivity index (χ1v) is 9.57. The predicted molar refractivity (Wildman–Crippen MR) is 110 cm³/mol. The quantitative estimate of drug-likeness (QED) is 0.855. The van der Waals surface area contributed by atoms with E-state index >= 15 is 0 Å². The number of nitriles is 2. The summed E-state index contributed by atoms with van der Waals surface area (Å²) in [5.74, 6) is -0.00592. The van der Waals surface area contributed by atoms with Crippen molar-refractivity contribution in [2.75, 3.05) is 12.3 Å². The van der Waals surface area contributed by atoms with E-state index in [9.17, 15) is 15.3 Å². The third kappa shape index (κ3) is 3.52. The van der Waals surface area contributed by atoms with Gasteiger partial charge in [-0.05, 0) is 56.8 Å². The van der Waals surface area contributed by atoms with E-state index in [1.165, 1.54) is 19.3 Å². The Morgan fingerprint density at radius 2 is 1.93 bits per heavy atom. The standard InChI is InChI=1S/C22H25N5O/c1-13-8-16(12-27-7-5-4-6-14(27)2)15(3)17(9-13)20-18(10-23)21(25)26-22(28)19(20)11-24/h8-9,14H,4-7,12H2,1-3H3,(H3,25,26,28). The molecule has 0 radical (unpaired) electrons. The van der Waals surface area contributed by atoms with Crippen LogP contribution in [0.1, 0.15) is 54.0 Å². The zero-order valence-corrected chi connectivity index (χ0v) is 16.6. The number of H-pyrrole nitrogens is 1. The third-order valence-electron chi connectivity index (χ3n) is 5.71. The average molecular weight is 375 g/mol. The average Bonchev–Trinajstić information content (AvgIpc) is 2.65. The maximum Gasteiger partial charge on any atom is 0.268 e. The summed E-state index contributed by atoms with van der Waals surface area (Å²) in [6.07, 6.45) is 3.65. The smallest absolute Gasteiger partial charge is 0.268 e. The molecule has 1 saturated heterocycles. The third-order valence-corrected chi connectivity index (χ3v) is 5.71. The molecule has 3 rings (SSSR count). The topological polar surface area (TPSA) is 110 Å². The number of nitrogens with one attached hydrogen (secondary N) is 1. The van der Waals surface area contributed by atoms with Crippen molar-refractivity contribution in [3.8, 4) is 23.3 Å². The molecule has 0 aliphatic carbocycles. The zero-order valence-electron chi connectivity index (χ0n) is 16.6. The molecule has 0 bridgehead atoms. The van der Waals surface area contributed by atoms with Crippen LogP contribution in [0, 0.1) is 36.5 Å². The van der Waals surface area contributed by atoms with Crippen molar-refractivity contribution in [2.45, 2.75) is 52.6 Å². The summed E-state index contributed by atoms with van der Waals surface area (Å²) in [6.45, 7) is 8.10. The van der Waals surface area contributed by atoms with E-state index in [2.05, 4.69) is 28.9 Å². The summed E-state index contributed by atoms with van der Waals surface area (Å²) >= 11 is 0. The van der Waals surface area contributed by atoms with E-state index in [1.807, 2.05) is 26.0 Å². The number of aryl methyl sites for hydroxylation is 1. The van der Waals surface area contributed by atoms with Crippen LogP contribution in [0.3, 0.4) is 0 Å². The Morgan fingerprint density at radius 3 is 2.57 bits per heavy atom. The molecule has 6 heteroatoms. The number of likely N-dealkylation sites (tertiary alicyclic amines) is 1. The van der Waals surface area contributed by atoms with Gasteiger partial charge < -0.3 is 10.7 Å². The van der Waals surface area contributed by atoms with Gasteiger partial charge in [0.15, 0.2) is 0 Å². The van der Waals surface area contributed by atoms with Crippen molar-refractivity contribution in [2.24, 2.45) is 0 Å². The summed E-state index contributed by atoms with van der Waals surface area (Å²) in [6, 6.07) is 8.62. The van der Waals surface area contributed by atoms with Crippen molar-refractivity contribution < 1.29 is 0 Å². The second-order valence-electron chi connectivity index (χ2n) is 7.63. The number of pyridine rings is 1. The zero-order chi connectivity index (χ0) is 20.4. The molecule has 1 aromatic heterocycles. The van der Waals surface area contributed by atoms with E-state index in [1.54, 1.807) is 0 Å². The number of benzene rings is 1. The van der Waals surface area contributed by atoms with Crippen molar-refractivity contribution in [3.63, 3.8) is 0 Å². The van der Waals surface area contributed by atoms with E-state index < -0.39 is 5.56 Å². The van der Waals surface area contributed by atoms with E-state index in [0.29, 0.717) is 11.6 Å². The van der Waals surface area contributed by atoms with Crippen LogP contribution in [0.15, 0.2) is 16.9 Å². The van der Waals surface area contributed by atoms with Crippen LogP contribution in [0.4, 0.5) is 5.82 Å². The molecule has 2 heterocycles. The lowest BCUT2D eigenvalue weighted by Gasteiger charge is -2.34. The van der Waals surface area contributed by atoms with Gasteiger partial charge in [-0.3, -0.25) is 9.69 Å². The fourth-order valence-electron chi connectivity index (χ4n) is 4.08. The van der Waals surface area contributed by atoms with Crippen molar-refractivity contribution in [1.29, 1.82) is 10.5 Å². The van der Waals surface area contributed by atoms with Crippen LogP contribution >= 0.6 is 0 Å². The molecule has 0 saturated carbocycles. The molecular formula is C22H25N5O. The molecule has 1 atom stereocenters. The van der Waals surface area contributed by atoms with Gasteiger partial charge in [-0.25, -0.2) is 0 Å². The predicted octanol–water partition coefficient (Wildman–Crippen LogP) is 3.36. The largest absolute Gasteiger partial charge is 0.384 e. The second-order valence-corrected chi connectivity index (χ2v) is 7.63. The Morgan fingerprint density at radius 1 is 1.21 bits per heavy atom. The molecule has 1 aliphatic heterocycles. The van der Waals surface area contributed by atoms with E-state index in [-0.39, 0.29) is 16.9 Å². The van der Waals surface area contributed by atoms with Crippen molar-refractivity contribution >= 4 is 5.82 Å². The first-order chi connectivity index (χ1) is 13.4. The normalized spacial score (nSPS) is 17.1. The minimum atomic E-state index is -0.568. The Bertz CT molecular complexity index is 1050. The summed E-state index contributed by atoms with van der Waals surface area (Å²) in [7, 11) is 0. The van der Waals surface area contributed by atoms with E-state index in [4.69, 9.17) is 5.73 Å². The number of anilines is 1. The summed E-state index contributed by atoms with van der Waals surface area (Å²) in [5.41, 5.74) is 9.60. The van der Waals surface area contributed by atoms with Crippen molar-refractivity contribution in [3.05, 3.63) is 50.3 Å². The molecule has 1 aromatic carbocycles. The fourth-order valence-corrected chi connectivity index (χ4v) is 4.08. The number of nitrogens with two attached hydrogens (primary N) is 1. The van der Waals surface area contributed by atoms with Crippen molar-refractivity contribution in [1.82, 2.24) is 9.88 Å². The maximum atomic E-state index is 12.3. The Labute approximate surface area is 165 Å². The summed E-state index contributed by atoms with van der Waals surface area (Å²) < 4.78 is 0. The van der Waals surface area contributed by atoms with Gasteiger partial charge in [-0.2, -0.15) is 10.5 Å². The van der Waals surface area contributed by atoms with Gasteiger partial charge in [0.2, 0.25) is 0 Å². The molecule has 3 N–H and O–H groups in total. The van der Waals surface area contributed by atoms with Gasteiger partial charge in [-0.15, -0.1) is 0 Å². The Hall–Kier alpha value is -3.09. The Balaban J connectivity index is 2.20. The number of nitrogens with zero attached hydrogens (tertiary/aromatic N) is 3. The summed E-state index contributed by atoms with van der Waals surface area (Å²) in [4.78, 5) is 17.2. The molecule has 2 aromatic rings. The summed E-state index contributed by atoms with van der Waals surface area (Å²) in [5, 5.41) is 19.2. The number of piperidine rings is 1. The van der Waals surface area contributed by atoms with Gasteiger partial charge >= 0.3 is 0 Å². The van der Waals surface area contributed by atoms with Gasteiger partial charge in [0.1, 0.15) is 29.1 Å². The lowest BCUT2D eigenvalue weighted by molar-refractivity contribution is 0.152. The number of hydrogen-bond acceptors (Lipinski definition) is 5. The number of rotatable bonds is 3. The number of aromatic amines is 1. The lowest BCUT2D eigenvalue weighted by atomic mass is 9.89. The number of hydrogen-bond donors (Lipinski definition) is 2. The molecule has 0 spiro atoms. The molecule has 1 unspecified atom stereocenters. The highest BCUT2D eigenvalue weighted by atomic mass is 16.1. The molecule has 1 aliphatic rings. The number of aromatic nitrogens is 1. The van der Waals surface area contributed by atoms with E-state index in [0.717, 1.165) is 35.3 Å². The molecular weight excluding hydrogens is 350 g/mol. The molecule has 6 nitrogen and oxygen atoms in total. The molecule has 144 valence electrons. The molecule has 1 fully saturated rings.